The van der Waals surface area contributed by atoms with E-state index in [1.165, 1.54) is 25.5 Å². The monoisotopic (exact) mass is 226 g/mol. The first-order chi connectivity index (χ1) is 7.74. The van der Waals surface area contributed by atoms with Gasteiger partial charge in [-0.2, -0.15) is 0 Å². The summed E-state index contributed by atoms with van der Waals surface area (Å²) in [6.45, 7) is 8.97. The van der Waals surface area contributed by atoms with E-state index in [1.807, 2.05) is 0 Å². The summed E-state index contributed by atoms with van der Waals surface area (Å²) < 4.78 is 10.1. The number of esters is 1. The predicted molar refractivity (Wildman–Crippen MR) is 64.7 cm³/mol. The Morgan fingerprint density at radius 1 is 1.25 bits per heavy atom. The minimum Gasteiger partial charge on any atom is -0.463 e. The number of unbranched alkanes of at least 4 members (excludes halogenated alkanes) is 4. The van der Waals surface area contributed by atoms with E-state index >= 15 is 0 Å². The molecular formula is C13H22O3. The van der Waals surface area contributed by atoms with Gasteiger partial charge in [-0.25, -0.2) is 4.79 Å². The van der Waals surface area contributed by atoms with E-state index in [4.69, 9.17) is 9.47 Å². The molecule has 92 valence electrons. The van der Waals surface area contributed by atoms with E-state index in [1.54, 1.807) is 0 Å². The highest BCUT2D eigenvalue weighted by Crippen LogP contribution is 2.11. The minimum atomic E-state index is -0.523. The van der Waals surface area contributed by atoms with Gasteiger partial charge in [0.15, 0.2) is 0 Å². The SMILES string of the molecule is C=COC(CCCCCCC)OC(=O)C=C. The fourth-order valence-electron chi connectivity index (χ4n) is 1.35. The van der Waals surface area contributed by atoms with Gasteiger partial charge in [-0.15, -0.1) is 0 Å². The molecule has 1 atom stereocenters. The van der Waals surface area contributed by atoms with Crippen LogP contribution in [-0.4, -0.2) is 12.3 Å². The molecule has 3 heteroatoms. The van der Waals surface area contributed by atoms with Crippen molar-refractivity contribution in [2.45, 2.75) is 51.7 Å². The molecule has 1 unspecified atom stereocenters. The summed E-state index contributed by atoms with van der Waals surface area (Å²) in [6, 6.07) is 0. The summed E-state index contributed by atoms with van der Waals surface area (Å²) >= 11 is 0. The maximum atomic E-state index is 11.0. The van der Waals surface area contributed by atoms with Gasteiger partial charge < -0.3 is 9.47 Å². The number of hydrogen-bond donors (Lipinski definition) is 0. The van der Waals surface area contributed by atoms with Crippen molar-refractivity contribution in [3.8, 4) is 0 Å². The predicted octanol–water partition coefficient (Wildman–Crippen LogP) is 3.56. The van der Waals surface area contributed by atoms with Crippen molar-refractivity contribution in [3.05, 3.63) is 25.5 Å². The van der Waals surface area contributed by atoms with Gasteiger partial charge in [0.05, 0.1) is 6.26 Å². The maximum Gasteiger partial charge on any atom is 0.333 e. The Labute approximate surface area is 98.1 Å². The standard InChI is InChI=1S/C13H22O3/c1-4-7-8-9-10-11-13(15-6-3)16-12(14)5-2/h5-6,13H,2-4,7-11H2,1H3. The first-order valence-corrected chi connectivity index (χ1v) is 5.84. The lowest BCUT2D eigenvalue weighted by atomic mass is 10.1. The Bertz CT molecular complexity index is 211. The van der Waals surface area contributed by atoms with E-state index in [2.05, 4.69) is 20.1 Å². The van der Waals surface area contributed by atoms with Crippen LogP contribution in [0.25, 0.3) is 0 Å². The Kier molecular flexibility index (Phi) is 9.47. The number of ether oxygens (including phenoxy) is 2. The molecule has 0 aliphatic rings. The topological polar surface area (TPSA) is 35.5 Å². The summed E-state index contributed by atoms with van der Waals surface area (Å²) in [6.07, 6.45) is 8.42. The lowest BCUT2D eigenvalue weighted by molar-refractivity contribution is -0.164. The van der Waals surface area contributed by atoms with Crippen molar-refractivity contribution in [3.63, 3.8) is 0 Å². The molecule has 0 aromatic carbocycles. The lowest BCUT2D eigenvalue weighted by Crippen LogP contribution is -2.18. The summed E-state index contributed by atoms with van der Waals surface area (Å²) in [5, 5.41) is 0. The van der Waals surface area contributed by atoms with Gasteiger partial charge >= 0.3 is 5.97 Å². The summed E-state index contributed by atoms with van der Waals surface area (Å²) in [4.78, 5) is 11.0. The smallest absolute Gasteiger partial charge is 0.333 e. The average Bonchev–Trinajstić information content (AvgIpc) is 2.28. The van der Waals surface area contributed by atoms with Crippen LogP contribution in [-0.2, 0) is 14.3 Å². The van der Waals surface area contributed by atoms with Crippen LogP contribution in [0.5, 0.6) is 0 Å². The van der Waals surface area contributed by atoms with Crippen molar-refractivity contribution >= 4 is 5.97 Å². The molecule has 0 saturated carbocycles. The third-order valence-electron chi connectivity index (χ3n) is 2.21. The second-order valence-electron chi connectivity index (χ2n) is 3.58. The molecule has 0 rings (SSSR count). The van der Waals surface area contributed by atoms with Crippen LogP contribution >= 0.6 is 0 Å². The largest absolute Gasteiger partial charge is 0.463 e. The molecule has 3 nitrogen and oxygen atoms in total. The van der Waals surface area contributed by atoms with Crippen LogP contribution in [0.2, 0.25) is 0 Å². The fourth-order valence-corrected chi connectivity index (χ4v) is 1.35. The van der Waals surface area contributed by atoms with Crippen LogP contribution in [0.15, 0.2) is 25.5 Å². The molecule has 0 spiro atoms. The van der Waals surface area contributed by atoms with Gasteiger partial charge in [0, 0.05) is 12.5 Å². The van der Waals surface area contributed by atoms with Gasteiger partial charge in [-0.1, -0.05) is 45.8 Å². The first kappa shape index (κ1) is 14.8. The molecule has 0 amide bonds. The van der Waals surface area contributed by atoms with E-state index in [9.17, 15) is 4.79 Å². The molecule has 0 N–H and O–H groups in total. The molecule has 16 heavy (non-hydrogen) atoms. The third-order valence-corrected chi connectivity index (χ3v) is 2.21. The highest BCUT2D eigenvalue weighted by molar-refractivity contribution is 5.81. The quantitative estimate of drug-likeness (QED) is 0.188. The van der Waals surface area contributed by atoms with Crippen LogP contribution < -0.4 is 0 Å². The van der Waals surface area contributed by atoms with Crippen molar-refractivity contribution in [1.82, 2.24) is 0 Å². The Hall–Kier alpha value is -1.25. The second-order valence-corrected chi connectivity index (χ2v) is 3.58. The molecule has 0 aromatic rings. The zero-order chi connectivity index (χ0) is 12.2. The van der Waals surface area contributed by atoms with E-state index < -0.39 is 12.3 Å². The average molecular weight is 226 g/mol. The molecule has 0 aliphatic carbocycles. The lowest BCUT2D eigenvalue weighted by Gasteiger charge is -2.15. The molecule has 0 bridgehead atoms. The first-order valence-electron chi connectivity index (χ1n) is 5.84. The second kappa shape index (κ2) is 10.3. The molecule has 0 aromatic heterocycles. The third kappa shape index (κ3) is 8.09. The maximum absolute atomic E-state index is 11.0. The molecule has 0 aliphatic heterocycles. The zero-order valence-corrected chi connectivity index (χ0v) is 10.1. The number of carbonyl (C=O) groups excluding carboxylic acids is 1. The van der Waals surface area contributed by atoms with E-state index in [0.717, 1.165) is 18.9 Å². The minimum absolute atomic E-state index is 0.458. The Morgan fingerprint density at radius 2 is 1.94 bits per heavy atom. The van der Waals surface area contributed by atoms with Gasteiger partial charge in [-0.3, -0.25) is 0 Å². The van der Waals surface area contributed by atoms with Gasteiger partial charge in [0.2, 0.25) is 6.29 Å². The molecular weight excluding hydrogens is 204 g/mol. The van der Waals surface area contributed by atoms with E-state index in [0.29, 0.717) is 6.42 Å². The van der Waals surface area contributed by atoms with Crippen molar-refractivity contribution in [2.24, 2.45) is 0 Å². The zero-order valence-electron chi connectivity index (χ0n) is 10.1. The highest BCUT2D eigenvalue weighted by atomic mass is 16.7. The van der Waals surface area contributed by atoms with Crippen LogP contribution in [0.3, 0.4) is 0 Å². The van der Waals surface area contributed by atoms with Crippen LogP contribution in [0.1, 0.15) is 45.4 Å². The summed E-state index contributed by atoms with van der Waals surface area (Å²) in [5.74, 6) is -0.458. The molecule has 0 saturated heterocycles. The number of rotatable bonds is 10. The number of carbonyl (C=O) groups is 1. The number of hydrogen-bond acceptors (Lipinski definition) is 3. The Balaban J connectivity index is 3.71. The normalized spacial score (nSPS) is 11.6. The molecule has 0 heterocycles. The van der Waals surface area contributed by atoms with E-state index in [-0.39, 0.29) is 0 Å². The van der Waals surface area contributed by atoms with Gasteiger partial charge in [0.1, 0.15) is 0 Å². The van der Waals surface area contributed by atoms with Gasteiger partial charge in [0.25, 0.3) is 0 Å². The molecule has 0 radical (unpaired) electrons. The summed E-state index contributed by atoms with van der Waals surface area (Å²) in [7, 11) is 0. The van der Waals surface area contributed by atoms with Crippen molar-refractivity contribution < 1.29 is 14.3 Å². The molecule has 0 fully saturated rings. The summed E-state index contributed by atoms with van der Waals surface area (Å²) in [5.41, 5.74) is 0. The highest BCUT2D eigenvalue weighted by Gasteiger charge is 2.11. The Morgan fingerprint density at radius 3 is 2.50 bits per heavy atom. The van der Waals surface area contributed by atoms with Gasteiger partial charge in [-0.05, 0) is 6.42 Å². The van der Waals surface area contributed by atoms with Crippen molar-refractivity contribution in [1.29, 1.82) is 0 Å². The van der Waals surface area contributed by atoms with Crippen molar-refractivity contribution in [2.75, 3.05) is 0 Å². The van der Waals surface area contributed by atoms with Crippen LogP contribution in [0, 0.1) is 0 Å². The van der Waals surface area contributed by atoms with Crippen LogP contribution in [0.4, 0.5) is 0 Å². The fraction of sp³-hybridized carbons (Fsp3) is 0.615.